The zero-order valence-corrected chi connectivity index (χ0v) is 18.0. The van der Waals surface area contributed by atoms with Crippen LogP contribution in [0.25, 0.3) is 0 Å². The van der Waals surface area contributed by atoms with Gasteiger partial charge in [0.1, 0.15) is 5.69 Å². The molecule has 2 aromatic carbocycles. The lowest BCUT2D eigenvalue weighted by molar-refractivity contribution is 0.475. The molecule has 0 N–H and O–H groups in total. The fourth-order valence-electron chi connectivity index (χ4n) is 3.82. The topological polar surface area (TPSA) is 12.5 Å². The molecular weight excluding hydrogens is 350 g/mol. The van der Waals surface area contributed by atoms with Crippen LogP contribution in [0.2, 0.25) is 0 Å². The van der Waals surface area contributed by atoms with E-state index in [-0.39, 0.29) is 5.41 Å². The van der Waals surface area contributed by atoms with Crippen LogP contribution in [-0.2, 0) is 5.41 Å². The van der Waals surface area contributed by atoms with Crippen molar-refractivity contribution < 1.29 is 4.74 Å². The Balaban J connectivity index is 1.97. The Kier molecular flexibility index (Phi) is 4.12. The van der Waals surface area contributed by atoms with Crippen LogP contribution in [0.1, 0.15) is 47.9 Å². The molecule has 3 heteroatoms. The highest BCUT2D eigenvalue weighted by atomic mass is 32.1. The standard InChI is InChI=1S/C24H27NOS/c1-14-8-9-19-21(10-14)26-23-17(4)27-13-20(23)25(19)22-15(2)11-18(12-16(22)3)24(5,6)7/h8-13H,1-7H3. The van der Waals surface area contributed by atoms with Crippen LogP contribution < -0.4 is 9.64 Å². The van der Waals surface area contributed by atoms with Crippen LogP contribution in [0.4, 0.5) is 17.1 Å². The van der Waals surface area contributed by atoms with Crippen LogP contribution in [-0.4, -0.2) is 0 Å². The van der Waals surface area contributed by atoms with Gasteiger partial charge < -0.3 is 9.64 Å². The molecule has 1 aliphatic rings. The van der Waals surface area contributed by atoms with Gasteiger partial charge in [0.15, 0.2) is 11.5 Å². The van der Waals surface area contributed by atoms with Crippen LogP contribution in [0.3, 0.4) is 0 Å². The van der Waals surface area contributed by atoms with E-state index in [1.165, 1.54) is 32.8 Å². The minimum Gasteiger partial charge on any atom is -0.452 e. The van der Waals surface area contributed by atoms with Crippen molar-refractivity contribution in [1.82, 2.24) is 0 Å². The van der Waals surface area contributed by atoms with Crippen molar-refractivity contribution in [3.8, 4) is 11.5 Å². The zero-order chi connectivity index (χ0) is 19.5. The Hall–Kier alpha value is -2.26. The summed E-state index contributed by atoms with van der Waals surface area (Å²) in [5.74, 6) is 1.92. The quantitative estimate of drug-likeness (QED) is 0.335. The van der Waals surface area contributed by atoms with Gasteiger partial charge >= 0.3 is 0 Å². The lowest BCUT2D eigenvalue weighted by Gasteiger charge is -2.34. The molecule has 0 saturated carbocycles. The molecule has 0 spiro atoms. The second-order valence-electron chi connectivity index (χ2n) is 8.62. The van der Waals surface area contributed by atoms with Gasteiger partial charge in [0.05, 0.1) is 11.4 Å². The average molecular weight is 378 g/mol. The molecule has 0 fully saturated rings. The number of thiophene rings is 1. The maximum Gasteiger partial charge on any atom is 0.165 e. The average Bonchev–Trinajstić information content (AvgIpc) is 2.93. The van der Waals surface area contributed by atoms with E-state index in [4.69, 9.17) is 4.74 Å². The Labute approximate surface area is 166 Å². The van der Waals surface area contributed by atoms with Gasteiger partial charge in [0, 0.05) is 10.3 Å². The van der Waals surface area contributed by atoms with Gasteiger partial charge in [-0.2, -0.15) is 0 Å². The fourth-order valence-corrected chi connectivity index (χ4v) is 4.57. The molecule has 27 heavy (non-hydrogen) atoms. The molecule has 1 aromatic heterocycles. The van der Waals surface area contributed by atoms with Crippen molar-refractivity contribution in [2.45, 2.75) is 53.9 Å². The van der Waals surface area contributed by atoms with Crippen molar-refractivity contribution in [2.24, 2.45) is 0 Å². The third-order valence-electron chi connectivity index (χ3n) is 5.29. The van der Waals surface area contributed by atoms with Gasteiger partial charge in [0.2, 0.25) is 0 Å². The highest BCUT2D eigenvalue weighted by molar-refractivity contribution is 7.10. The number of hydrogen-bond acceptors (Lipinski definition) is 3. The van der Waals surface area contributed by atoms with E-state index in [9.17, 15) is 0 Å². The van der Waals surface area contributed by atoms with Gasteiger partial charge in [0.25, 0.3) is 0 Å². The van der Waals surface area contributed by atoms with Crippen LogP contribution >= 0.6 is 11.3 Å². The van der Waals surface area contributed by atoms with E-state index in [1.807, 2.05) is 0 Å². The molecule has 2 heterocycles. The Morgan fingerprint density at radius 1 is 0.889 bits per heavy atom. The molecule has 0 aliphatic carbocycles. The summed E-state index contributed by atoms with van der Waals surface area (Å²) in [6.45, 7) is 15.5. The second-order valence-corrected chi connectivity index (χ2v) is 9.71. The van der Waals surface area contributed by atoms with Crippen molar-refractivity contribution >= 4 is 28.4 Å². The van der Waals surface area contributed by atoms with E-state index in [1.54, 1.807) is 11.3 Å². The summed E-state index contributed by atoms with van der Waals surface area (Å²) in [4.78, 5) is 3.59. The highest BCUT2D eigenvalue weighted by Crippen LogP contribution is 2.55. The summed E-state index contributed by atoms with van der Waals surface area (Å²) in [7, 11) is 0. The van der Waals surface area contributed by atoms with Gasteiger partial charge in [-0.3, -0.25) is 0 Å². The van der Waals surface area contributed by atoms with Gasteiger partial charge in [-0.25, -0.2) is 0 Å². The first-order valence-corrected chi connectivity index (χ1v) is 10.3. The largest absolute Gasteiger partial charge is 0.452 e. The molecule has 1 aliphatic heterocycles. The molecular formula is C24H27NOS. The molecule has 0 amide bonds. The fraction of sp³-hybridized carbons (Fsp3) is 0.333. The first-order valence-electron chi connectivity index (χ1n) is 9.45. The lowest BCUT2D eigenvalue weighted by Crippen LogP contribution is -2.19. The maximum atomic E-state index is 6.31. The smallest absolute Gasteiger partial charge is 0.165 e. The molecule has 140 valence electrons. The van der Waals surface area contributed by atoms with Gasteiger partial charge in [-0.1, -0.05) is 39.0 Å². The minimum atomic E-state index is 0.137. The molecule has 0 saturated heterocycles. The number of fused-ring (bicyclic) bond motifs is 2. The molecule has 3 aromatic rings. The summed E-state index contributed by atoms with van der Waals surface area (Å²) in [5, 5.41) is 2.21. The van der Waals surface area contributed by atoms with Crippen LogP contribution in [0.5, 0.6) is 11.5 Å². The molecule has 0 radical (unpaired) electrons. The van der Waals surface area contributed by atoms with Gasteiger partial charge in [-0.15, -0.1) is 11.3 Å². The highest BCUT2D eigenvalue weighted by Gasteiger charge is 2.30. The Morgan fingerprint density at radius 2 is 1.56 bits per heavy atom. The number of nitrogens with zero attached hydrogens (tertiary/aromatic N) is 1. The second kappa shape index (κ2) is 6.13. The third kappa shape index (κ3) is 2.94. The van der Waals surface area contributed by atoms with E-state index < -0.39 is 0 Å². The minimum absolute atomic E-state index is 0.137. The molecule has 4 rings (SSSR count). The summed E-state index contributed by atoms with van der Waals surface area (Å²) >= 11 is 1.75. The van der Waals surface area contributed by atoms with E-state index in [2.05, 4.69) is 89.1 Å². The first kappa shape index (κ1) is 18.1. The van der Waals surface area contributed by atoms with Crippen molar-refractivity contribution in [1.29, 1.82) is 0 Å². The third-order valence-corrected chi connectivity index (χ3v) is 6.17. The monoisotopic (exact) mass is 377 g/mol. The Bertz CT molecular complexity index is 1020. The number of anilines is 3. The van der Waals surface area contributed by atoms with E-state index in [0.717, 1.165) is 22.9 Å². The molecule has 0 bridgehead atoms. The number of ether oxygens (including phenoxy) is 1. The molecule has 0 unspecified atom stereocenters. The Morgan fingerprint density at radius 3 is 2.19 bits per heavy atom. The molecule has 2 nitrogen and oxygen atoms in total. The van der Waals surface area contributed by atoms with E-state index in [0.29, 0.717) is 0 Å². The first-order chi connectivity index (χ1) is 12.7. The summed E-state index contributed by atoms with van der Waals surface area (Å²) < 4.78 is 6.31. The van der Waals surface area contributed by atoms with Crippen LogP contribution in [0.15, 0.2) is 35.7 Å². The van der Waals surface area contributed by atoms with E-state index >= 15 is 0 Å². The predicted octanol–water partition coefficient (Wildman–Crippen LogP) is 7.85. The number of hydrogen-bond donors (Lipinski definition) is 0. The maximum absolute atomic E-state index is 6.31. The van der Waals surface area contributed by atoms with Crippen LogP contribution in [0, 0.1) is 27.7 Å². The number of rotatable bonds is 1. The normalized spacial score (nSPS) is 13.2. The summed E-state index contributed by atoms with van der Waals surface area (Å²) in [6.07, 6.45) is 0. The summed E-state index contributed by atoms with van der Waals surface area (Å²) in [6, 6.07) is 11.1. The number of aryl methyl sites for hydroxylation is 4. The number of benzene rings is 2. The van der Waals surface area contributed by atoms with Crippen molar-refractivity contribution in [2.75, 3.05) is 4.90 Å². The zero-order valence-electron chi connectivity index (χ0n) is 17.2. The molecule has 0 atom stereocenters. The SMILES string of the molecule is Cc1ccc2c(c1)Oc1c(csc1C)N2c1c(C)cc(C(C)(C)C)cc1C. The lowest BCUT2D eigenvalue weighted by atomic mass is 9.84. The van der Waals surface area contributed by atoms with Crippen molar-refractivity contribution in [3.63, 3.8) is 0 Å². The predicted molar refractivity (Wildman–Crippen MR) is 117 cm³/mol. The van der Waals surface area contributed by atoms with Crippen molar-refractivity contribution in [3.05, 3.63) is 62.8 Å². The summed E-state index contributed by atoms with van der Waals surface area (Å²) in [5.41, 5.74) is 8.82. The van der Waals surface area contributed by atoms with Gasteiger partial charge in [-0.05, 0) is 67.5 Å².